The van der Waals surface area contributed by atoms with Crippen LogP contribution in [0.15, 0.2) is 30.5 Å². The number of ether oxygens (including phenoxy) is 1. The number of nitrogens with one attached hydrogen (secondary N) is 2. The summed E-state index contributed by atoms with van der Waals surface area (Å²) in [6, 6.07) is 3.02. The Hall–Kier alpha value is -3.03. The fourth-order valence-electron chi connectivity index (χ4n) is 3.68. The normalized spacial score (nSPS) is 16.1. The highest BCUT2D eigenvalue weighted by Gasteiger charge is 2.37. The number of carbonyl (C=O) groups is 1. The number of rotatable bonds is 5. The summed E-state index contributed by atoms with van der Waals surface area (Å²) in [6.07, 6.45) is -1.37. The highest BCUT2D eigenvalue weighted by atomic mass is 35.5. The van der Waals surface area contributed by atoms with Gasteiger partial charge >= 0.3 is 6.18 Å². The first-order chi connectivity index (χ1) is 16.6. The van der Waals surface area contributed by atoms with Gasteiger partial charge in [-0.1, -0.05) is 6.07 Å². The molecule has 4 rings (SSSR count). The first-order valence-electron chi connectivity index (χ1n) is 10.6. The Kier molecular flexibility index (Phi) is 8.69. The number of pyridine rings is 1. The van der Waals surface area contributed by atoms with Crippen LogP contribution in [0.4, 0.5) is 33.3 Å². The van der Waals surface area contributed by atoms with E-state index in [-0.39, 0.29) is 24.2 Å². The molecule has 1 fully saturated rings. The van der Waals surface area contributed by atoms with Gasteiger partial charge in [0.05, 0.1) is 28.7 Å². The Labute approximate surface area is 212 Å². The lowest BCUT2D eigenvalue weighted by atomic mass is 10.0. The molecule has 1 unspecified atom stereocenters. The van der Waals surface area contributed by atoms with Crippen LogP contribution in [0.1, 0.15) is 35.3 Å². The third-order valence-corrected chi connectivity index (χ3v) is 6.05. The molecule has 0 aliphatic carbocycles. The van der Waals surface area contributed by atoms with E-state index in [4.69, 9.17) is 10.5 Å². The van der Waals surface area contributed by atoms with E-state index >= 15 is 0 Å². The van der Waals surface area contributed by atoms with Gasteiger partial charge in [-0.3, -0.25) is 4.79 Å². The summed E-state index contributed by atoms with van der Waals surface area (Å²) in [5.41, 5.74) is 1.07. The van der Waals surface area contributed by atoms with Crippen LogP contribution in [-0.2, 0) is 6.18 Å². The number of hydrogen-bond donors (Lipinski definition) is 3. The number of nitrogens with zero attached hydrogens (tertiary/aromatic N) is 2. The van der Waals surface area contributed by atoms with E-state index < -0.39 is 51.9 Å². The third kappa shape index (κ3) is 6.02. The molecule has 1 aliphatic rings. The van der Waals surface area contributed by atoms with Crippen molar-refractivity contribution in [2.24, 2.45) is 0 Å². The van der Waals surface area contributed by atoms with Crippen molar-refractivity contribution in [1.29, 1.82) is 0 Å². The monoisotopic (exact) mass is 549 g/mol. The van der Waals surface area contributed by atoms with Crippen LogP contribution in [0.5, 0.6) is 5.06 Å². The Morgan fingerprint density at radius 3 is 2.61 bits per heavy atom. The molecule has 1 aromatic carbocycles. The van der Waals surface area contributed by atoms with E-state index in [1.807, 2.05) is 0 Å². The number of hydrogen-bond acceptors (Lipinski definition) is 7. The van der Waals surface area contributed by atoms with E-state index in [1.54, 1.807) is 0 Å². The summed E-state index contributed by atoms with van der Waals surface area (Å²) in [6.45, 7) is 1.64. The molecule has 0 saturated carbocycles. The number of nitrogens with two attached hydrogens (primary N) is 1. The number of carbonyl (C=O) groups excluding carboxylic acids is 1. The molecule has 36 heavy (non-hydrogen) atoms. The molecule has 0 spiro atoms. The van der Waals surface area contributed by atoms with Crippen molar-refractivity contribution in [2.45, 2.75) is 31.5 Å². The van der Waals surface area contributed by atoms with Crippen LogP contribution >= 0.6 is 23.9 Å². The highest BCUT2D eigenvalue weighted by molar-refractivity contribution is 7.08. The number of alkyl halides is 3. The first-order valence-corrected chi connectivity index (χ1v) is 11.4. The summed E-state index contributed by atoms with van der Waals surface area (Å²) in [4.78, 5) is 16.6. The van der Waals surface area contributed by atoms with Crippen LogP contribution in [0.3, 0.4) is 0 Å². The molecule has 3 aromatic rings. The molecule has 194 valence electrons. The molecule has 1 saturated heterocycles. The van der Waals surface area contributed by atoms with Gasteiger partial charge in [-0.2, -0.15) is 17.5 Å². The minimum atomic E-state index is -5.04. The largest absolute Gasteiger partial charge is 0.478 e. The average molecular weight is 550 g/mol. The second-order valence-electron chi connectivity index (χ2n) is 7.82. The van der Waals surface area contributed by atoms with Crippen LogP contribution in [0.2, 0.25) is 0 Å². The summed E-state index contributed by atoms with van der Waals surface area (Å²) in [5.74, 6) is -3.52. The average Bonchev–Trinajstić information content (AvgIpc) is 3.05. The van der Waals surface area contributed by atoms with Crippen LogP contribution in [0, 0.1) is 11.6 Å². The summed E-state index contributed by atoms with van der Waals surface area (Å²) in [7, 11) is 0. The zero-order valence-corrected chi connectivity index (χ0v) is 20.1. The van der Waals surface area contributed by atoms with Gasteiger partial charge in [0, 0.05) is 11.5 Å². The highest BCUT2D eigenvalue weighted by Crippen LogP contribution is 2.40. The van der Waals surface area contributed by atoms with Gasteiger partial charge in [-0.05, 0) is 50.6 Å². The molecule has 1 atom stereocenters. The zero-order valence-electron chi connectivity index (χ0n) is 18.5. The number of anilines is 2. The summed E-state index contributed by atoms with van der Waals surface area (Å²) in [5, 5.41) is 6.05. The van der Waals surface area contributed by atoms with E-state index in [0.717, 1.165) is 62.1 Å². The lowest BCUT2D eigenvalue weighted by molar-refractivity contribution is -0.137. The Balaban J connectivity index is 0.00000361. The Morgan fingerprint density at radius 2 is 1.92 bits per heavy atom. The Bertz CT molecular complexity index is 1210. The van der Waals surface area contributed by atoms with Crippen molar-refractivity contribution in [3.8, 4) is 16.3 Å². The number of nitrogen functional groups attached to an aromatic ring is 1. The molecular formula is C22H21ClF5N5O2S. The molecule has 1 amide bonds. The van der Waals surface area contributed by atoms with Gasteiger partial charge in [0.2, 0.25) is 5.06 Å². The Morgan fingerprint density at radius 1 is 1.19 bits per heavy atom. The van der Waals surface area contributed by atoms with Crippen molar-refractivity contribution in [1.82, 2.24) is 14.7 Å². The van der Waals surface area contributed by atoms with Crippen molar-refractivity contribution >= 4 is 41.2 Å². The predicted octanol–water partition coefficient (Wildman–Crippen LogP) is 5.28. The number of aromatic nitrogens is 2. The maximum atomic E-state index is 14.3. The quantitative estimate of drug-likeness (QED) is 0.374. The van der Waals surface area contributed by atoms with E-state index in [9.17, 15) is 26.7 Å². The van der Waals surface area contributed by atoms with E-state index in [0.29, 0.717) is 11.1 Å². The number of halogens is 6. The number of amides is 1. The second-order valence-corrected chi connectivity index (χ2v) is 8.58. The zero-order chi connectivity index (χ0) is 25.2. The summed E-state index contributed by atoms with van der Waals surface area (Å²) >= 11 is 0.994. The third-order valence-electron chi connectivity index (χ3n) is 5.35. The molecule has 2 aromatic heterocycles. The van der Waals surface area contributed by atoms with Crippen molar-refractivity contribution < 1.29 is 31.5 Å². The SMILES string of the molecule is Cl.Nc1cc(C(F)(F)F)c(-c2c(F)cccc2F)nc1C(=O)Nc1cnsc1OC1CCCNCC1. The minimum absolute atomic E-state index is 0. The molecule has 0 bridgehead atoms. The van der Waals surface area contributed by atoms with Gasteiger partial charge in [-0.25, -0.2) is 13.8 Å². The van der Waals surface area contributed by atoms with E-state index in [2.05, 4.69) is 20.0 Å². The topological polar surface area (TPSA) is 102 Å². The predicted molar refractivity (Wildman–Crippen MR) is 127 cm³/mol. The van der Waals surface area contributed by atoms with Gasteiger partial charge in [-0.15, -0.1) is 12.4 Å². The molecule has 0 radical (unpaired) electrons. The standard InChI is InChI=1S/C22H20F5N5O2S.ClH/c23-13-4-1-5-14(24)17(13)18-12(22(25,26)27)9-15(28)19(32-18)20(33)31-16-10-30-35-21(16)34-11-3-2-7-29-8-6-11;/h1,4-5,9-11,29H,2-3,6-8,28H2,(H,31,33);1H. The molecule has 4 N–H and O–H groups in total. The second kappa shape index (κ2) is 11.4. The first kappa shape index (κ1) is 27.6. The van der Waals surface area contributed by atoms with Gasteiger partial charge in [0.15, 0.2) is 5.69 Å². The van der Waals surface area contributed by atoms with Crippen LogP contribution < -0.4 is 21.1 Å². The maximum absolute atomic E-state index is 14.3. The molecular weight excluding hydrogens is 529 g/mol. The van der Waals surface area contributed by atoms with Gasteiger partial charge in [0.1, 0.15) is 23.4 Å². The van der Waals surface area contributed by atoms with Crippen LogP contribution in [0.25, 0.3) is 11.3 Å². The van der Waals surface area contributed by atoms with Crippen LogP contribution in [-0.4, -0.2) is 34.5 Å². The maximum Gasteiger partial charge on any atom is 0.418 e. The smallest absolute Gasteiger partial charge is 0.418 e. The van der Waals surface area contributed by atoms with Crippen molar-refractivity contribution in [3.63, 3.8) is 0 Å². The number of benzene rings is 1. The summed E-state index contributed by atoms with van der Waals surface area (Å²) < 4.78 is 79.6. The minimum Gasteiger partial charge on any atom is -0.478 e. The molecule has 14 heteroatoms. The fraction of sp³-hybridized carbons (Fsp3) is 0.318. The molecule has 3 heterocycles. The lowest BCUT2D eigenvalue weighted by Crippen LogP contribution is -2.21. The van der Waals surface area contributed by atoms with E-state index in [1.165, 1.54) is 6.20 Å². The fourth-order valence-corrected chi connectivity index (χ4v) is 4.31. The van der Waals surface area contributed by atoms with Crippen molar-refractivity contribution in [2.75, 3.05) is 24.1 Å². The van der Waals surface area contributed by atoms with Crippen molar-refractivity contribution in [3.05, 3.63) is 53.4 Å². The lowest BCUT2D eigenvalue weighted by Gasteiger charge is -2.17. The van der Waals surface area contributed by atoms with Gasteiger partial charge < -0.3 is 21.1 Å². The molecule has 7 nitrogen and oxygen atoms in total. The van der Waals surface area contributed by atoms with Gasteiger partial charge in [0.25, 0.3) is 5.91 Å². The molecule has 1 aliphatic heterocycles.